The van der Waals surface area contributed by atoms with E-state index in [1.807, 2.05) is 4.90 Å². The van der Waals surface area contributed by atoms with E-state index in [9.17, 15) is 24.3 Å². The third kappa shape index (κ3) is 4.55. The molecule has 0 aliphatic carbocycles. The highest BCUT2D eigenvalue weighted by Gasteiger charge is 2.49. The van der Waals surface area contributed by atoms with E-state index >= 15 is 0 Å². The number of rotatable bonds is 3. The zero-order valence-electron chi connectivity index (χ0n) is 17.4. The number of H-pyrrole nitrogens is 1. The molecule has 11 nitrogen and oxygen atoms in total. The van der Waals surface area contributed by atoms with Gasteiger partial charge in [0.2, 0.25) is 11.8 Å². The number of nitrogens with one attached hydrogen (secondary N) is 1. The average Bonchev–Trinajstić information content (AvgIpc) is 2.73. The second-order valence-corrected chi connectivity index (χ2v) is 8.37. The van der Waals surface area contributed by atoms with Crippen molar-refractivity contribution in [2.24, 2.45) is 11.8 Å². The lowest BCUT2D eigenvalue weighted by Gasteiger charge is -2.56. The number of carbonyl (C=O) groups excluding carboxylic acids is 2. The van der Waals surface area contributed by atoms with Crippen LogP contribution in [0.5, 0.6) is 0 Å². The van der Waals surface area contributed by atoms with Crippen LogP contribution in [0, 0.1) is 18.8 Å². The average molecular weight is 436 g/mol. The Morgan fingerprint density at radius 1 is 1.26 bits per heavy atom. The fraction of sp³-hybridized carbons (Fsp3) is 0.650. The maximum absolute atomic E-state index is 12.9. The lowest BCUT2D eigenvalue weighted by Crippen LogP contribution is -2.66. The molecule has 3 aliphatic heterocycles. The summed E-state index contributed by atoms with van der Waals surface area (Å²) >= 11 is 0. The Morgan fingerprint density at radius 2 is 1.94 bits per heavy atom. The largest absolute Gasteiger partial charge is 0.483 e. The standard InChI is InChI=1S/C19H26N4O5.CH2O2/c1-11-6-22(19(28)20-18(11)27)9-17(26)21-7-12-5-13(8-21)15(10-24)23-14(12)3-2-4-16(23)25;2-1-3/h6,12-15,24H,2-5,7-10H2,1H3,(H,20,27,28);1H,(H,2,3)/t12-,13+,14+,15+;/m1./s1. The molecule has 3 N–H and O–H groups in total. The Kier molecular flexibility index (Phi) is 6.94. The van der Waals surface area contributed by atoms with Gasteiger partial charge in [-0.25, -0.2) is 4.79 Å². The zero-order valence-corrected chi connectivity index (χ0v) is 17.4. The van der Waals surface area contributed by atoms with Crippen molar-refractivity contribution in [2.45, 2.75) is 51.2 Å². The number of hydrogen-bond donors (Lipinski definition) is 3. The van der Waals surface area contributed by atoms with E-state index in [0.717, 1.165) is 19.3 Å². The zero-order chi connectivity index (χ0) is 22.7. The van der Waals surface area contributed by atoms with E-state index in [0.29, 0.717) is 25.1 Å². The smallest absolute Gasteiger partial charge is 0.328 e. The van der Waals surface area contributed by atoms with Gasteiger partial charge in [0.1, 0.15) is 6.54 Å². The molecule has 4 rings (SSSR count). The number of aliphatic hydroxyl groups is 1. The van der Waals surface area contributed by atoms with E-state index in [-0.39, 0.29) is 55.4 Å². The van der Waals surface area contributed by atoms with Crippen LogP contribution in [0.4, 0.5) is 0 Å². The van der Waals surface area contributed by atoms with Crippen molar-refractivity contribution in [3.8, 4) is 0 Å². The lowest BCUT2D eigenvalue weighted by atomic mass is 9.72. The molecule has 2 bridgehead atoms. The molecule has 1 aromatic rings. The number of likely N-dealkylation sites (tertiary alicyclic amines) is 1. The molecular formula is C20H28N4O7. The quantitative estimate of drug-likeness (QED) is 0.501. The minimum absolute atomic E-state index is 0.0417. The normalized spacial score (nSPS) is 27.1. The highest BCUT2D eigenvalue weighted by molar-refractivity contribution is 5.78. The molecule has 4 atom stereocenters. The molecule has 1 aromatic heterocycles. The maximum atomic E-state index is 12.9. The van der Waals surface area contributed by atoms with Crippen molar-refractivity contribution >= 4 is 18.3 Å². The van der Waals surface area contributed by atoms with Crippen molar-refractivity contribution in [1.82, 2.24) is 19.4 Å². The first-order valence-corrected chi connectivity index (χ1v) is 10.4. The maximum Gasteiger partial charge on any atom is 0.328 e. The van der Waals surface area contributed by atoms with Gasteiger partial charge in [-0.3, -0.25) is 28.7 Å². The fourth-order valence-corrected chi connectivity index (χ4v) is 5.19. The highest BCUT2D eigenvalue weighted by atomic mass is 16.3. The van der Waals surface area contributed by atoms with Crippen LogP contribution in [0.15, 0.2) is 15.8 Å². The lowest BCUT2D eigenvalue weighted by molar-refractivity contribution is -0.159. The van der Waals surface area contributed by atoms with E-state index in [1.54, 1.807) is 11.8 Å². The van der Waals surface area contributed by atoms with Gasteiger partial charge in [-0.2, -0.15) is 0 Å². The fourth-order valence-electron chi connectivity index (χ4n) is 5.19. The molecule has 11 heteroatoms. The minimum atomic E-state index is -0.599. The number of aryl methyl sites for hydroxylation is 1. The third-order valence-electron chi connectivity index (χ3n) is 6.53. The van der Waals surface area contributed by atoms with Crippen LogP contribution in [-0.4, -0.2) is 79.6 Å². The molecule has 4 heterocycles. The Hall–Kier alpha value is -2.95. The Morgan fingerprint density at radius 3 is 2.61 bits per heavy atom. The molecule has 170 valence electrons. The van der Waals surface area contributed by atoms with Gasteiger partial charge in [0.05, 0.1) is 12.6 Å². The van der Waals surface area contributed by atoms with Crippen molar-refractivity contribution < 1.29 is 24.6 Å². The van der Waals surface area contributed by atoms with Crippen LogP contribution in [0.25, 0.3) is 0 Å². The molecule has 0 aromatic carbocycles. The van der Waals surface area contributed by atoms with Crippen LogP contribution >= 0.6 is 0 Å². The van der Waals surface area contributed by atoms with Gasteiger partial charge in [-0.15, -0.1) is 0 Å². The summed E-state index contributed by atoms with van der Waals surface area (Å²) in [5.41, 5.74) is -0.674. The number of aromatic amines is 1. The number of carbonyl (C=O) groups is 3. The Labute approximate surface area is 178 Å². The molecule has 3 aliphatic rings. The van der Waals surface area contributed by atoms with Gasteiger partial charge in [0, 0.05) is 37.3 Å². The summed E-state index contributed by atoms with van der Waals surface area (Å²) in [6.45, 7) is 2.13. The molecule has 0 radical (unpaired) electrons. The second kappa shape index (κ2) is 9.46. The van der Waals surface area contributed by atoms with Crippen LogP contribution in [0.3, 0.4) is 0 Å². The van der Waals surface area contributed by atoms with Gasteiger partial charge in [-0.05, 0) is 38.0 Å². The van der Waals surface area contributed by atoms with Crippen molar-refractivity contribution in [1.29, 1.82) is 0 Å². The van der Waals surface area contributed by atoms with Crippen molar-refractivity contribution in [3.63, 3.8) is 0 Å². The minimum Gasteiger partial charge on any atom is -0.483 e. The van der Waals surface area contributed by atoms with Gasteiger partial charge in [0.15, 0.2) is 0 Å². The number of aromatic nitrogens is 2. The molecular weight excluding hydrogens is 408 g/mol. The Balaban J connectivity index is 0.000000858. The molecule has 2 amide bonds. The summed E-state index contributed by atoms with van der Waals surface area (Å²) in [4.78, 5) is 63.1. The van der Waals surface area contributed by atoms with Crippen LogP contribution in [-0.2, 0) is 20.9 Å². The first kappa shape index (κ1) is 22.7. The number of hydrogen-bond acceptors (Lipinski definition) is 6. The summed E-state index contributed by atoms with van der Waals surface area (Å²) in [6, 6.07) is -0.175. The molecule has 0 unspecified atom stereocenters. The number of nitrogens with zero attached hydrogens (tertiary/aromatic N) is 3. The van der Waals surface area contributed by atoms with Crippen molar-refractivity contribution in [2.75, 3.05) is 19.7 Å². The molecule has 0 spiro atoms. The monoisotopic (exact) mass is 436 g/mol. The van der Waals surface area contributed by atoms with Crippen molar-refractivity contribution in [3.05, 3.63) is 32.6 Å². The first-order valence-electron chi connectivity index (χ1n) is 10.4. The number of fused-ring (bicyclic) bond motifs is 4. The first-order chi connectivity index (χ1) is 14.8. The van der Waals surface area contributed by atoms with Crippen LogP contribution < -0.4 is 11.2 Å². The van der Waals surface area contributed by atoms with Gasteiger partial charge in [0.25, 0.3) is 12.0 Å². The predicted octanol–water partition coefficient (Wildman–Crippen LogP) is -1.23. The van der Waals surface area contributed by atoms with Gasteiger partial charge in [-0.1, -0.05) is 0 Å². The number of carboxylic acid groups (broad SMARTS) is 1. The van der Waals surface area contributed by atoms with E-state index in [4.69, 9.17) is 9.90 Å². The summed E-state index contributed by atoms with van der Waals surface area (Å²) in [5, 5.41) is 16.8. The van der Waals surface area contributed by atoms with Crippen LogP contribution in [0.2, 0.25) is 0 Å². The molecule has 3 saturated heterocycles. The SMILES string of the molecule is Cc1cn(CC(=O)N2C[C@H]3C[C@@H](C2)[C@H](CO)N2C(=O)CCC[C@@H]32)c(=O)[nH]c1=O.O=CO. The Bertz CT molecular complexity index is 942. The van der Waals surface area contributed by atoms with E-state index < -0.39 is 11.2 Å². The molecule has 0 saturated carbocycles. The number of piperidine rings is 3. The van der Waals surface area contributed by atoms with Gasteiger partial charge < -0.3 is 20.0 Å². The highest BCUT2D eigenvalue weighted by Crippen LogP contribution is 2.41. The predicted molar refractivity (Wildman–Crippen MR) is 108 cm³/mol. The second-order valence-electron chi connectivity index (χ2n) is 8.37. The van der Waals surface area contributed by atoms with Gasteiger partial charge >= 0.3 is 5.69 Å². The third-order valence-corrected chi connectivity index (χ3v) is 6.53. The van der Waals surface area contributed by atoms with E-state index in [1.165, 1.54) is 10.8 Å². The topological polar surface area (TPSA) is 153 Å². The molecule has 31 heavy (non-hydrogen) atoms. The van der Waals surface area contributed by atoms with Crippen LogP contribution in [0.1, 0.15) is 31.2 Å². The molecule has 3 fully saturated rings. The summed E-state index contributed by atoms with van der Waals surface area (Å²) in [5.74, 6) is 0.166. The number of aliphatic hydroxyl groups excluding tert-OH is 1. The van der Waals surface area contributed by atoms with E-state index in [2.05, 4.69) is 4.98 Å². The summed E-state index contributed by atoms with van der Waals surface area (Å²) in [7, 11) is 0. The summed E-state index contributed by atoms with van der Waals surface area (Å²) < 4.78 is 1.23. The number of amides is 2. The summed E-state index contributed by atoms with van der Waals surface area (Å²) in [6.07, 6.45) is 4.59.